The first-order chi connectivity index (χ1) is 6.55. The summed E-state index contributed by atoms with van der Waals surface area (Å²) in [5.41, 5.74) is 0.954. The van der Waals surface area contributed by atoms with Crippen LogP contribution in [-0.2, 0) is 6.54 Å². The summed E-state index contributed by atoms with van der Waals surface area (Å²) in [5.74, 6) is -2.49. The molecule has 76 valence electrons. The van der Waals surface area contributed by atoms with Gasteiger partial charge in [-0.25, -0.2) is 8.78 Å². The molecule has 2 nitrogen and oxygen atoms in total. The molecule has 5 heteroatoms. The maximum atomic E-state index is 12.5. The van der Waals surface area contributed by atoms with Gasteiger partial charge < -0.3 is 0 Å². The van der Waals surface area contributed by atoms with Crippen molar-refractivity contribution in [2.45, 2.75) is 12.5 Å². The second-order valence-electron chi connectivity index (χ2n) is 3.51. The summed E-state index contributed by atoms with van der Waals surface area (Å²) in [6, 6.07) is 1.89. The summed E-state index contributed by atoms with van der Waals surface area (Å²) in [4.78, 5) is 5.67. The van der Waals surface area contributed by atoms with Crippen LogP contribution in [0.5, 0.6) is 0 Å². The number of hydrogen-bond donors (Lipinski definition) is 0. The van der Waals surface area contributed by atoms with Gasteiger partial charge in [0.2, 0.25) is 0 Å². The van der Waals surface area contributed by atoms with E-state index in [9.17, 15) is 8.78 Å². The third-order valence-electron chi connectivity index (χ3n) is 2.08. The Balaban J connectivity index is 1.93. The highest BCUT2D eigenvalue weighted by atomic mass is 79.9. The Morgan fingerprint density at radius 1 is 1.43 bits per heavy atom. The normalized spacial score (nSPS) is 20.5. The third-order valence-corrected chi connectivity index (χ3v) is 2.51. The highest BCUT2D eigenvalue weighted by Gasteiger charge is 2.43. The standard InChI is InChI=1S/C9H9BrF2N2/c10-8-1-7(2-13-3-8)4-14-5-9(11,12)6-14/h1-3H,4-6H2. The average molecular weight is 263 g/mol. The fourth-order valence-corrected chi connectivity index (χ4v) is 1.93. The number of nitrogens with zero attached hydrogens (tertiary/aromatic N) is 2. The van der Waals surface area contributed by atoms with Crippen LogP contribution in [0.3, 0.4) is 0 Å². The third kappa shape index (κ3) is 2.27. The highest BCUT2D eigenvalue weighted by molar-refractivity contribution is 9.10. The van der Waals surface area contributed by atoms with E-state index < -0.39 is 5.92 Å². The Hall–Kier alpha value is -0.550. The fourth-order valence-electron chi connectivity index (χ4n) is 1.52. The van der Waals surface area contributed by atoms with Gasteiger partial charge in [0.15, 0.2) is 0 Å². The SMILES string of the molecule is FC1(F)CN(Cc2cncc(Br)c2)C1. The van der Waals surface area contributed by atoms with E-state index in [4.69, 9.17) is 0 Å². The van der Waals surface area contributed by atoms with Crippen LogP contribution in [-0.4, -0.2) is 28.9 Å². The van der Waals surface area contributed by atoms with Crippen molar-refractivity contribution in [3.63, 3.8) is 0 Å². The zero-order valence-corrected chi connectivity index (χ0v) is 8.97. The van der Waals surface area contributed by atoms with Gasteiger partial charge in [0.1, 0.15) is 0 Å². The number of halogens is 3. The lowest BCUT2D eigenvalue weighted by Crippen LogP contribution is -2.55. The van der Waals surface area contributed by atoms with Gasteiger partial charge in [0, 0.05) is 23.4 Å². The van der Waals surface area contributed by atoms with Crippen LogP contribution in [0.2, 0.25) is 0 Å². The second-order valence-corrected chi connectivity index (χ2v) is 4.43. The van der Waals surface area contributed by atoms with E-state index in [-0.39, 0.29) is 13.1 Å². The molecule has 0 radical (unpaired) electrons. The van der Waals surface area contributed by atoms with Crippen molar-refractivity contribution in [1.29, 1.82) is 0 Å². The van der Waals surface area contributed by atoms with Gasteiger partial charge >= 0.3 is 0 Å². The fraction of sp³-hybridized carbons (Fsp3) is 0.444. The topological polar surface area (TPSA) is 16.1 Å². The number of likely N-dealkylation sites (tertiary alicyclic amines) is 1. The van der Waals surface area contributed by atoms with E-state index in [2.05, 4.69) is 20.9 Å². The number of hydrogen-bond acceptors (Lipinski definition) is 2. The quantitative estimate of drug-likeness (QED) is 0.813. The molecule has 0 aliphatic carbocycles. The van der Waals surface area contributed by atoms with E-state index >= 15 is 0 Å². The minimum absolute atomic E-state index is 0.139. The molecule has 1 aliphatic heterocycles. The van der Waals surface area contributed by atoms with Crippen LogP contribution in [0.15, 0.2) is 22.9 Å². The minimum atomic E-state index is -2.49. The van der Waals surface area contributed by atoms with Crippen molar-refractivity contribution in [1.82, 2.24) is 9.88 Å². The van der Waals surface area contributed by atoms with Gasteiger partial charge in [-0.3, -0.25) is 9.88 Å². The summed E-state index contributed by atoms with van der Waals surface area (Å²) in [7, 11) is 0. The van der Waals surface area contributed by atoms with Crippen molar-refractivity contribution in [2.75, 3.05) is 13.1 Å². The van der Waals surface area contributed by atoms with Crippen LogP contribution in [0, 0.1) is 0 Å². The van der Waals surface area contributed by atoms with Crippen molar-refractivity contribution in [3.8, 4) is 0 Å². The molecule has 0 N–H and O–H groups in total. The molecule has 14 heavy (non-hydrogen) atoms. The van der Waals surface area contributed by atoms with Gasteiger partial charge in [-0.05, 0) is 27.6 Å². The molecule has 1 aromatic heterocycles. The lowest BCUT2D eigenvalue weighted by Gasteiger charge is -2.38. The largest absolute Gasteiger partial charge is 0.287 e. The number of pyridine rings is 1. The summed E-state index contributed by atoms with van der Waals surface area (Å²) < 4.78 is 25.9. The zero-order chi connectivity index (χ0) is 10.2. The van der Waals surface area contributed by atoms with Gasteiger partial charge in [0.05, 0.1) is 13.1 Å². The smallest absolute Gasteiger partial charge is 0.272 e. The molecular formula is C9H9BrF2N2. The van der Waals surface area contributed by atoms with E-state index in [0.29, 0.717) is 6.54 Å². The Labute approximate surface area is 89.1 Å². The molecule has 1 aromatic rings. The summed E-state index contributed by atoms with van der Waals surface area (Å²) in [5, 5.41) is 0. The molecule has 0 saturated carbocycles. The molecule has 1 saturated heterocycles. The predicted octanol–water partition coefficient (Wildman–Crippen LogP) is 2.29. The van der Waals surface area contributed by atoms with E-state index in [1.54, 1.807) is 17.3 Å². The summed E-state index contributed by atoms with van der Waals surface area (Å²) in [6.07, 6.45) is 3.37. The van der Waals surface area contributed by atoms with E-state index in [1.165, 1.54) is 0 Å². The maximum absolute atomic E-state index is 12.5. The van der Waals surface area contributed by atoms with Crippen LogP contribution in [0.25, 0.3) is 0 Å². The molecule has 0 spiro atoms. The van der Waals surface area contributed by atoms with Crippen molar-refractivity contribution in [2.24, 2.45) is 0 Å². The molecule has 1 fully saturated rings. The predicted molar refractivity (Wildman–Crippen MR) is 52.2 cm³/mol. The van der Waals surface area contributed by atoms with Crippen molar-refractivity contribution < 1.29 is 8.78 Å². The lowest BCUT2D eigenvalue weighted by molar-refractivity contribution is -0.133. The molecule has 0 amide bonds. The van der Waals surface area contributed by atoms with Crippen LogP contribution < -0.4 is 0 Å². The summed E-state index contributed by atoms with van der Waals surface area (Å²) >= 11 is 3.29. The Morgan fingerprint density at radius 2 is 2.14 bits per heavy atom. The minimum Gasteiger partial charge on any atom is -0.287 e. The van der Waals surface area contributed by atoms with Gasteiger partial charge in [-0.1, -0.05) is 0 Å². The number of aromatic nitrogens is 1. The molecule has 1 aliphatic rings. The Morgan fingerprint density at radius 3 is 2.71 bits per heavy atom. The zero-order valence-electron chi connectivity index (χ0n) is 7.38. The van der Waals surface area contributed by atoms with Crippen LogP contribution in [0.4, 0.5) is 8.78 Å². The molecule has 0 bridgehead atoms. The average Bonchev–Trinajstić information content (AvgIpc) is 2.00. The van der Waals surface area contributed by atoms with Crippen LogP contribution in [0.1, 0.15) is 5.56 Å². The molecular weight excluding hydrogens is 254 g/mol. The summed E-state index contributed by atoms with van der Waals surface area (Å²) in [6.45, 7) is 0.265. The van der Waals surface area contributed by atoms with Crippen molar-refractivity contribution in [3.05, 3.63) is 28.5 Å². The molecule has 0 aromatic carbocycles. The van der Waals surface area contributed by atoms with Gasteiger partial charge in [-0.2, -0.15) is 0 Å². The van der Waals surface area contributed by atoms with Gasteiger partial charge in [-0.15, -0.1) is 0 Å². The van der Waals surface area contributed by atoms with Crippen molar-refractivity contribution >= 4 is 15.9 Å². The van der Waals surface area contributed by atoms with E-state index in [1.807, 2.05) is 6.07 Å². The second kappa shape index (κ2) is 3.55. The molecule has 2 rings (SSSR count). The first kappa shape index (κ1) is 9.98. The first-order valence-electron chi connectivity index (χ1n) is 4.25. The molecule has 0 atom stereocenters. The van der Waals surface area contributed by atoms with E-state index in [0.717, 1.165) is 10.0 Å². The first-order valence-corrected chi connectivity index (χ1v) is 5.04. The Bertz CT molecular complexity index is 335. The Kier molecular flexibility index (Phi) is 2.53. The maximum Gasteiger partial charge on any atom is 0.272 e. The highest BCUT2D eigenvalue weighted by Crippen LogP contribution is 2.28. The van der Waals surface area contributed by atoms with Gasteiger partial charge in [0.25, 0.3) is 5.92 Å². The number of rotatable bonds is 2. The molecule has 0 unspecified atom stereocenters. The molecule has 2 heterocycles. The monoisotopic (exact) mass is 262 g/mol. The lowest BCUT2D eigenvalue weighted by atomic mass is 10.1. The number of alkyl halides is 2. The van der Waals surface area contributed by atoms with Crippen LogP contribution >= 0.6 is 15.9 Å².